The van der Waals surface area contributed by atoms with Crippen molar-refractivity contribution in [2.45, 2.75) is 12.5 Å². The van der Waals surface area contributed by atoms with Crippen LogP contribution < -0.4 is 25.9 Å². The molecule has 2 aromatic rings. The van der Waals surface area contributed by atoms with E-state index in [1.807, 2.05) is 36.4 Å². The Bertz CT molecular complexity index is 669. The topological polar surface area (TPSA) is 52.6 Å². The second-order valence-corrected chi connectivity index (χ2v) is 7.48. The molecular formula is C16H12IO4-. The third kappa shape index (κ3) is 3.60. The first-order valence-electron chi connectivity index (χ1n) is 6.42. The molecule has 3 rings (SSSR count). The second kappa shape index (κ2) is 6.26. The van der Waals surface area contributed by atoms with Crippen LogP contribution in [0.1, 0.15) is 6.42 Å². The Labute approximate surface area is 132 Å². The zero-order valence-electron chi connectivity index (χ0n) is 11.0. The van der Waals surface area contributed by atoms with Crippen LogP contribution in [0.25, 0.3) is 0 Å². The molecule has 1 aliphatic heterocycles. The van der Waals surface area contributed by atoms with Crippen LogP contribution in [0.4, 0.5) is 0 Å². The minimum absolute atomic E-state index is 0.0171. The van der Waals surface area contributed by atoms with Crippen molar-refractivity contribution in [3.63, 3.8) is 0 Å². The maximum atomic E-state index is 11.4. The molecular weight excluding hydrogens is 383 g/mol. The van der Waals surface area contributed by atoms with Gasteiger partial charge in [-0.15, -0.1) is 0 Å². The predicted molar refractivity (Wildman–Crippen MR) is 70.4 cm³/mol. The zero-order chi connectivity index (χ0) is 14.7. The van der Waals surface area contributed by atoms with E-state index in [9.17, 15) is 9.59 Å². The Hall–Kier alpha value is -1.89. The van der Waals surface area contributed by atoms with E-state index in [0.29, 0.717) is 5.75 Å². The molecule has 5 heteroatoms. The minimum atomic E-state index is -0.817. The number of hydrogen-bond donors (Lipinski definition) is 0. The van der Waals surface area contributed by atoms with Crippen LogP contribution in [0.15, 0.2) is 54.6 Å². The van der Waals surface area contributed by atoms with E-state index in [-0.39, 0.29) is 27.6 Å². The quantitative estimate of drug-likeness (QED) is 0.380. The van der Waals surface area contributed by atoms with Gasteiger partial charge in [0.25, 0.3) is 0 Å². The summed E-state index contributed by atoms with van der Waals surface area (Å²) in [6, 6.07) is 17.9. The Morgan fingerprint density at radius 1 is 1.00 bits per heavy atom. The van der Waals surface area contributed by atoms with Gasteiger partial charge in [-0.25, -0.2) is 0 Å². The summed E-state index contributed by atoms with van der Waals surface area (Å²) in [5, 5.41) is 0. The maximum absolute atomic E-state index is 11.4. The first-order chi connectivity index (χ1) is 10.2. The summed E-state index contributed by atoms with van der Waals surface area (Å²) in [5.41, 5.74) is 0. The molecule has 21 heavy (non-hydrogen) atoms. The fourth-order valence-corrected chi connectivity index (χ4v) is 4.26. The van der Waals surface area contributed by atoms with E-state index < -0.39 is 18.0 Å². The Kier molecular flexibility index (Phi) is 4.19. The van der Waals surface area contributed by atoms with Gasteiger partial charge in [0.05, 0.1) is 0 Å². The van der Waals surface area contributed by atoms with E-state index in [1.54, 1.807) is 6.07 Å². The average molecular weight is 395 g/mol. The SMILES string of the molecule is O=C1CC(Oc2cccc([I-]c3ccccc3)c2)C(=O)O1. The van der Waals surface area contributed by atoms with Crippen molar-refractivity contribution in [2.75, 3.05) is 0 Å². The Morgan fingerprint density at radius 3 is 2.48 bits per heavy atom. The molecule has 0 aliphatic carbocycles. The van der Waals surface area contributed by atoms with Gasteiger partial charge >= 0.3 is 132 Å². The van der Waals surface area contributed by atoms with Crippen molar-refractivity contribution < 1.29 is 40.3 Å². The summed E-state index contributed by atoms with van der Waals surface area (Å²) >= 11 is -0.291. The molecule has 1 atom stereocenters. The molecule has 4 nitrogen and oxygen atoms in total. The number of rotatable bonds is 4. The first-order valence-corrected chi connectivity index (χ1v) is 8.57. The molecule has 1 unspecified atom stereocenters. The van der Waals surface area contributed by atoms with Gasteiger partial charge in [0, 0.05) is 0 Å². The molecule has 0 saturated carbocycles. The number of carbonyl (C=O) groups is 2. The van der Waals surface area contributed by atoms with Gasteiger partial charge in [0.1, 0.15) is 0 Å². The molecule has 0 radical (unpaired) electrons. The van der Waals surface area contributed by atoms with Crippen molar-refractivity contribution in [1.29, 1.82) is 0 Å². The third-order valence-corrected chi connectivity index (χ3v) is 5.49. The molecule has 108 valence electrons. The molecule has 0 spiro atoms. The summed E-state index contributed by atoms with van der Waals surface area (Å²) < 4.78 is 12.5. The second-order valence-electron chi connectivity index (χ2n) is 4.45. The van der Waals surface area contributed by atoms with Crippen LogP contribution in [0.5, 0.6) is 5.75 Å². The molecule has 1 saturated heterocycles. The van der Waals surface area contributed by atoms with Gasteiger partial charge < -0.3 is 0 Å². The number of hydrogen-bond acceptors (Lipinski definition) is 4. The van der Waals surface area contributed by atoms with Crippen LogP contribution in [-0.2, 0) is 14.3 Å². The van der Waals surface area contributed by atoms with Crippen LogP contribution in [-0.4, -0.2) is 18.0 Å². The normalized spacial score (nSPS) is 17.8. The number of esters is 2. The van der Waals surface area contributed by atoms with Gasteiger partial charge in [-0.1, -0.05) is 0 Å². The molecule has 2 aromatic carbocycles. The van der Waals surface area contributed by atoms with E-state index in [4.69, 9.17) is 4.74 Å². The van der Waals surface area contributed by atoms with Crippen molar-refractivity contribution in [3.8, 4) is 5.75 Å². The van der Waals surface area contributed by atoms with Crippen LogP contribution in [0.2, 0.25) is 0 Å². The summed E-state index contributed by atoms with van der Waals surface area (Å²) in [7, 11) is 0. The van der Waals surface area contributed by atoms with Gasteiger partial charge in [-0.05, 0) is 0 Å². The standard InChI is InChI=1S/C16H12IO4/c18-15-10-14(16(19)21-15)20-13-8-4-7-12(9-13)17-11-5-2-1-3-6-11/h1-9,14H,10H2/q-1. The number of halogens is 1. The number of ether oxygens (including phenoxy) is 2. The van der Waals surface area contributed by atoms with Gasteiger partial charge in [-0.2, -0.15) is 0 Å². The third-order valence-electron chi connectivity index (χ3n) is 2.86. The molecule has 1 aliphatic rings. The Morgan fingerprint density at radius 2 is 1.76 bits per heavy atom. The van der Waals surface area contributed by atoms with Gasteiger partial charge in [-0.3, -0.25) is 0 Å². The summed E-state index contributed by atoms with van der Waals surface area (Å²) in [5.74, 6) is -0.541. The van der Waals surface area contributed by atoms with E-state index >= 15 is 0 Å². The monoisotopic (exact) mass is 395 g/mol. The molecule has 1 heterocycles. The number of carbonyl (C=O) groups excluding carboxylic acids is 2. The molecule has 0 bridgehead atoms. The summed E-state index contributed by atoms with van der Waals surface area (Å²) in [6.45, 7) is 0. The Balaban J connectivity index is 1.71. The number of benzene rings is 2. The van der Waals surface area contributed by atoms with E-state index in [1.165, 1.54) is 7.14 Å². The molecule has 0 amide bonds. The fraction of sp³-hybridized carbons (Fsp3) is 0.125. The summed E-state index contributed by atoms with van der Waals surface area (Å²) in [6.07, 6.45) is -0.834. The summed E-state index contributed by atoms with van der Waals surface area (Å²) in [4.78, 5) is 22.4. The fourth-order valence-electron chi connectivity index (χ4n) is 1.91. The van der Waals surface area contributed by atoms with Crippen LogP contribution in [0, 0.1) is 7.14 Å². The predicted octanol–water partition coefficient (Wildman–Crippen LogP) is -0.964. The van der Waals surface area contributed by atoms with Gasteiger partial charge in [0.2, 0.25) is 0 Å². The van der Waals surface area contributed by atoms with Crippen molar-refractivity contribution in [2.24, 2.45) is 0 Å². The van der Waals surface area contributed by atoms with Crippen LogP contribution in [0.3, 0.4) is 0 Å². The van der Waals surface area contributed by atoms with Crippen molar-refractivity contribution in [1.82, 2.24) is 0 Å². The van der Waals surface area contributed by atoms with Gasteiger partial charge in [0.15, 0.2) is 0 Å². The van der Waals surface area contributed by atoms with Crippen molar-refractivity contribution in [3.05, 3.63) is 61.7 Å². The molecule has 1 fully saturated rings. The number of cyclic esters (lactones) is 2. The van der Waals surface area contributed by atoms with E-state index in [0.717, 1.165) is 0 Å². The molecule has 0 aromatic heterocycles. The van der Waals surface area contributed by atoms with Crippen molar-refractivity contribution >= 4 is 11.9 Å². The zero-order valence-corrected chi connectivity index (χ0v) is 13.1. The average Bonchev–Trinajstić information content (AvgIpc) is 2.78. The first kappa shape index (κ1) is 14.1. The van der Waals surface area contributed by atoms with Crippen LogP contribution >= 0.6 is 0 Å². The van der Waals surface area contributed by atoms with E-state index in [2.05, 4.69) is 16.9 Å². The molecule has 0 N–H and O–H groups in total.